The average Bonchev–Trinajstić information content (AvgIpc) is 3.15. The predicted octanol–water partition coefficient (Wildman–Crippen LogP) is -0.0311. The van der Waals surface area contributed by atoms with E-state index < -0.39 is 10.0 Å². The van der Waals surface area contributed by atoms with Gasteiger partial charge >= 0.3 is 0 Å². The highest BCUT2D eigenvalue weighted by atomic mass is 32.2. The number of nitrogens with one attached hydrogen (secondary N) is 2. The third kappa shape index (κ3) is 4.92. The minimum atomic E-state index is -3.22. The summed E-state index contributed by atoms with van der Waals surface area (Å²) in [7, 11) is -3.22. The smallest absolute Gasteiger partial charge is 0.261 e. The van der Waals surface area contributed by atoms with E-state index in [1.165, 1.54) is 16.1 Å². The molecule has 3 rings (SSSR count). The van der Waals surface area contributed by atoms with E-state index in [1.807, 2.05) is 13.8 Å². The van der Waals surface area contributed by atoms with Gasteiger partial charge in [0, 0.05) is 39.3 Å². The Balaban J connectivity index is 1.66. The molecule has 1 aliphatic rings. The molecule has 1 amide bonds. The van der Waals surface area contributed by atoms with Crippen molar-refractivity contribution in [1.82, 2.24) is 33.8 Å². The van der Waals surface area contributed by atoms with E-state index in [4.69, 9.17) is 0 Å². The fraction of sp³-hybridized carbons (Fsp3) is 0.688. The van der Waals surface area contributed by atoms with Crippen LogP contribution in [-0.4, -0.2) is 98.9 Å². The number of aromatic nitrogens is 5. The number of carbonyl (C=O) groups is 1. The lowest BCUT2D eigenvalue weighted by Crippen LogP contribution is -2.51. The minimum Gasteiger partial charge on any atom is -0.355 e. The van der Waals surface area contributed by atoms with Gasteiger partial charge in [0.25, 0.3) is 5.78 Å². The summed E-state index contributed by atoms with van der Waals surface area (Å²) in [6, 6.07) is 0. The quantitative estimate of drug-likeness (QED) is 0.494. The van der Waals surface area contributed by atoms with Crippen LogP contribution in [0.4, 0.5) is 11.9 Å². The van der Waals surface area contributed by atoms with Crippen LogP contribution < -0.4 is 10.6 Å². The lowest BCUT2D eigenvalue weighted by molar-refractivity contribution is -0.129. The van der Waals surface area contributed by atoms with Gasteiger partial charge in [-0.2, -0.15) is 14.3 Å². The highest BCUT2D eigenvalue weighted by Gasteiger charge is 2.28. The molecule has 3 heterocycles. The zero-order valence-corrected chi connectivity index (χ0v) is 19.0. The summed E-state index contributed by atoms with van der Waals surface area (Å²) in [5.41, 5.74) is 0. The Morgan fingerprint density at radius 1 is 1.03 bits per heavy atom. The van der Waals surface area contributed by atoms with E-state index in [0.29, 0.717) is 62.1 Å². The van der Waals surface area contributed by atoms with Crippen LogP contribution in [0.1, 0.15) is 20.8 Å². The minimum absolute atomic E-state index is 0.0690. The van der Waals surface area contributed by atoms with Gasteiger partial charge in [-0.1, -0.05) is 11.8 Å². The first-order valence-electron chi connectivity index (χ1n) is 9.88. The highest BCUT2D eigenvalue weighted by molar-refractivity contribution is 7.99. The molecule has 1 aliphatic heterocycles. The van der Waals surface area contributed by atoms with Gasteiger partial charge in [-0.05, 0) is 20.8 Å². The molecule has 166 valence electrons. The topological polar surface area (TPSA) is 138 Å². The van der Waals surface area contributed by atoms with Crippen LogP contribution in [0.2, 0.25) is 0 Å². The van der Waals surface area contributed by atoms with E-state index in [9.17, 15) is 13.2 Å². The fourth-order valence-electron chi connectivity index (χ4n) is 3.01. The van der Waals surface area contributed by atoms with Gasteiger partial charge < -0.3 is 15.5 Å². The highest BCUT2D eigenvalue weighted by Crippen LogP contribution is 2.21. The Morgan fingerprint density at radius 2 is 1.73 bits per heavy atom. The molecule has 12 nitrogen and oxygen atoms in total. The SMILES string of the molecule is CCNc1nc(NCC)n2c(SCC(=O)N3CCN(S(=O)(=O)CC)CC3)nnc2n1. The van der Waals surface area contributed by atoms with Crippen molar-refractivity contribution in [3.63, 3.8) is 0 Å². The van der Waals surface area contributed by atoms with Crippen LogP contribution in [0, 0.1) is 0 Å². The van der Waals surface area contributed by atoms with Gasteiger partial charge in [0.1, 0.15) is 0 Å². The largest absolute Gasteiger partial charge is 0.355 e. The predicted molar refractivity (Wildman–Crippen MR) is 115 cm³/mol. The van der Waals surface area contributed by atoms with Crippen molar-refractivity contribution in [1.29, 1.82) is 0 Å². The molecule has 0 aromatic carbocycles. The number of rotatable bonds is 9. The molecule has 2 N–H and O–H groups in total. The Labute approximate surface area is 179 Å². The van der Waals surface area contributed by atoms with Crippen LogP contribution in [0.15, 0.2) is 5.16 Å². The van der Waals surface area contributed by atoms with Crippen molar-refractivity contribution >= 4 is 45.4 Å². The standard InChI is InChI=1S/C16H27N9O3S2/c1-4-17-13-19-14(18-5-2)25-15(20-13)21-22-16(25)29-11-12(26)23-7-9-24(10-8-23)30(27,28)6-3/h4-11H2,1-3H3,(H2,17,18,19,20,21). The maximum Gasteiger partial charge on any atom is 0.261 e. The lowest BCUT2D eigenvalue weighted by atomic mass is 10.3. The number of piperazine rings is 1. The number of amides is 1. The molecule has 30 heavy (non-hydrogen) atoms. The molecule has 0 aliphatic carbocycles. The van der Waals surface area contributed by atoms with Gasteiger partial charge in [0.05, 0.1) is 11.5 Å². The van der Waals surface area contributed by atoms with E-state index >= 15 is 0 Å². The Morgan fingerprint density at radius 3 is 2.37 bits per heavy atom. The monoisotopic (exact) mass is 457 g/mol. The van der Waals surface area contributed by atoms with E-state index in [0.717, 1.165) is 0 Å². The lowest BCUT2D eigenvalue weighted by Gasteiger charge is -2.33. The van der Waals surface area contributed by atoms with Crippen molar-refractivity contribution in [3.8, 4) is 0 Å². The number of fused-ring (bicyclic) bond motifs is 1. The first-order valence-corrected chi connectivity index (χ1v) is 12.5. The molecule has 1 saturated heterocycles. The normalized spacial score (nSPS) is 15.5. The van der Waals surface area contributed by atoms with Crippen molar-refractivity contribution in [3.05, 3.63) is 0 Å². The third-order valence-electron chi connectivity index (χ3n) is 4.59. The average molecular weight is 458 g/mol. The molecular formula is C16H27N9O3S2. The van der Waals surface area contributed by atoms with E-state index in [2.05, 4.69) is 30.8 Å². The Bertz CT molecular complexity index is 987. The molecule has 2 aromatic heterocycles. The second-order valence-corrected chi connectivity index (χ2v) is 9.72. The van der Waals surface area contributed by atoms with Crippen LogP contribution in [-0.2, 0) is 14.8 Å². The van der Waals surface area contributed by atoms with E-state index in [1.54, 1.807) is 16.2 Å². The number of carbonyl (C=O) groups excluding carboxylic acids is 1. The summed E-state index contributed by atoms with van der Waals surface area (Å²) in [5.74, 6) is 1.58. The summed E-state index contributed by atoms with van der Waals surface area (Å²) in [5, 5.41) is 15.0. The number of nitrogens with zero attached hydrogens (tertiary/aromatic N) is 7. The van der Waals surface area contributed by atoms with Gasteiger partial charge in [-0.25, -0.2) is 12.8 Å². The zero-order chi connectivity index (χ0) is 21.7. The summed E-state index contributed by atoms with van der Waals surface area (Å²) >= 11 is 1.25. The van der Waals surface area contributed by atoms with Crippen LogP contribution in [0.3, 0.4) is 0 Å². The zero-order valence-electron chi connectivity index (χ0n) is 17.3. The van der Waals surface area contributed by atoms with Gasteiger partial charge in [-0.15, -0.1) is 10.2 Å². The van der Waals surface area contributed by atoms with Crippen LogP contribution >= 0.6 is 11.8 Å². The van der Waals surface area contributed by atoms with Crippen molar-refractivity contribution in [2.24, 2.45) is 0 Å². The molecule has 0 spiro atoms. The maximum absolute atomic E-state index is 12.6. The van der Waals surface area contributed by atoms with Gasteiger partial charge in [0.2, 0.25) is 27.8 Å². The summed E-state index contributed by atoms with van der Waals surface area (Å²) in [6.45, 7) is 8.29. The first-order chi connectivity index (χ1) is 14.4. The number of thioether (sulfide) groups is 1. The van der Waals surface area contributed by atoms with Crippen LogP contribution in [0.5, 0.6) is 0 Å². The number of hydrogen-bond acceptors (Lipinski definition) is 10. The van der Waals surface area contributed by atoms with Gasteiger partial charge in [0.15, 0.2) is 5.16 Å². The third-order valence-corrected chi connectivity index (χ3v) is 7.39. The molecule has 14 heteroatoms. The molecule has 0 radical (unpaired) electrons. The fourth-order valence-corrected chi connectivity index (χ4v) is 4.93. The summed E-state index contributed by atoms with van der Waals surface area (Å²) < 4.78 is 27.1. The first kappa shape index (κ1) is 22.5. The molecule has 0 saturated carbocycles. The maximum atomic E-state index is 12.6. The number of anilines is 2. The number of hydrogen-bond donors (Lipinski definition) is 2. The number of sulfonamides is 1. The Kier molecular flexibility index (Phi) is 7.31. The van der Waals surface area contributed by atoms with E-state index in [-0.39, 0.29) is 17.4 Å². The molecule has 2 aromatic rings. The van der Waals surface area contributed by atoms with Crippen LogP contribution in [0.25, 0.3) is 5.78 Å². The molecule has 0 bridgehead atoms. The van der Waals surface area contributed by atoms with Gasteiger partial charge in [-0.3, -0.25) is 4.79 Å². The van der Waals surface area contributed by atoms with Crippen molar-refractivity contribution in [2.75, 3.05) is 61.4 Å². The van der Waals surface area contributed by atoms with Crippen molar-refractivity contribution in [2.45, 2.75) is 25.9 Å². The molecule has 0 unspecified atom stereocenters. The second-order valence-electron chi connectivity index (χ2n) is 6.52. The van der Waals surface area contributed by atoms with Crippen molar-refractivity contribution < 1.29 is 13.2 Å². The second kappa shape index (κ2) is 9.75. The molecule has 0 atom stereocenters. The Hall–Kier alpha value is -2.19. The molecular weight excluding hydrogens is 430 g/mol. The summed E-state index contributed by atoms with van der Waals surface area (Å²) in [6.07, 6.45) is 0. The summed E-state index contributed by atoms with van der Waals surface area (Å²) in [4.78, 5) is 23.1. The molecule has 1 fully saturated rings.